The van der Waals surface area contributed by atoms with Gasteiger partial charge in [0.05, 0.1) is 5.56 Å². The molecular formula is C14H19NO4. The molecule has 1 amide bonds. The normalized spacial score (nSPS) is 12.8. The summed E-state index contributed by atoms with van der Waals surface area (Å²) in [6.07, 6.45) is 0. The van der Waals surface area contributed by atoms with Crippen LogP contribution in [-0.2, 0) is 4.79 Å². The van der Waals surface area contributed by atoms with Gasteiger partial charge in [-0.1, -0.05) is 32.9 Å². The van der Waals surface area contributed by atoms with E-state index in [2.05, 4.69) is 5.32 Å². The lowest BCUT2D eigenvalue weighted by Gasteiger charge is -2.27. The number of hydrogen-bond acceptors (Lipinski definition) is 3. The molecule has 5 nitrogen and oxygen atoms in total. The van der Waals surface area contributed by atoms with Crippen LogP contribution in [0.25, 0.3) is 0 Å². The van der Waals surface area contributed by atoms with E-state index in [0.717, 1.165) is 0 Å². The average Bonchev–Trinajstić information content (AvgIpc) is 2.27. The van der Waals surface area contributed by atoms with Gasteiger partial charge in [-0.05, 0) is 24.0 Å². The van der Waals surface area contributed by atoms with Crippen LogP contribution in [0, 0.1) is 12.3 Å². The van der Waals surface area contributed by atoms with Gasteiger partial charge in [0.15, 0.2) is 0 Å². The van der Waals surface area contributed by atoms with Gasteiger partial charge in [0.1, 0.15) is 11.8 Å². The fourth-order valence-corrected chi connectivity index (χ4v) is 1.70. The third-order valence-electron chi connectivity index (χ3n) is 2.87. The van der Waals surface area contributed by atoms with Crippen LogP contribution < -0.4 is 5.32 Å². The number of phenolic OH excluding ortho intramolecular Hbond substituents is 1. The summed E-state index contributed by atoms with van der Waals surface area (Å²) in [5, 5.41) is 21.4. The Bertz CT molecular complexity index is 503. The molecular weight excluding hydrogens is 246 g/mol. The van der Waals surface area contributed by atoms with E-state index in [-0.39, 0.29) is 11.3 Å². The first-order valence-electron chi connectivity index (χ1n) is 5.97. The molecule has 0 saturated carbocycles. The number of phenols is 1. The number of nitrogens with one attached hydrogen (secondary N) is 1. The highest BCUT2D eigenvalue weighted by Gasteiger charge is 2.33. The predicted octanol–water partition coefficient (Wildman–Crippen LogP) is 1.93. The SMILES string of the molecule is Cc1cccc(C(=O)NC(C(=O)O)C(C)(C)C)c1O. The molecule has 0 spiro atoms. The number of carboxylic acids is 1. The van der Waals surface area contributed by atoms with Crippen LogP contribution in [0.1, 0.15) is 36.7 Å². The van der Waals surface area contributed by atoms with Crippen LogP contribution in [0.3, 0.4) is 0 Å². The van der Waals surface area contributed by atoms with Crippen molar-refractivity contribution in [1.29, 1.82) is 0 Å². The molecule has 0 fully saturated rings. The number of rotatable bonds is 3. The summed E-state index contributed by atoms with van der Waals surface area (Å²) in [7, 11) is 0. The molecule has 1 aromatic carbocycles. The van der Waals surface area contributed by atoms with E-state index in [1.807, 2.05) is 0 Å². The predicted molar refractivity (Wildman–Crippen MR) is 71.2 cm³/mol. The summed E-state index contributed by atoms with van der Waals surface area (Å²) >= 11 is 0. The van der Waals surface area contributed by atoms with Gasteiger partial charge in [0.25, 0.3) is 5.91 Å². The summed E-state index contributed by atoms with van der Waals surface area (Å²) in [5.41, 5.74) is 0.0202. The Morgan fingerprint density at radius 2 is 1.84 bits per heavy atom. The number of amides is 1. The van der Waals surface area contributed by atoms with Crippen molar-refractivity contribution >= 4 is 11.9 Å². The Kier molecular flexibility index (Phi) is 4.19. The molecule has 1 rings (SSSR count). The number of benzene rings is 1. The van der Waals surface area contributed by atoms with Crippen molar-refractivity contribution in [2.45, 2.75) is 33.7 Å². The lowest BCUT2D eigenvalue weighted by Crippen LogP contribution is -2.49. The van der Waals surface area contributed by atoms with Crippen LogP contribution in [0.5, 0.6) is 5.75 Å². The van der Waals surface area contributed by atoms with Crippen LogP contribution in [-0.4, -0.2) is 28.1 Å². The number of aryl methyl sites for hydroxylation is 1. The molecule has 0 aliphatic heterocycles. The number of carboxylic acid groups (broad SMARTS) is 1. The molecule has 5 heteroatoms. The first-order chi connectivity index (χ1) is 8.64. The first kappa shape index (κ1) is 15.0. The van der Waals surface area contributed by atoms with Crippen molar-refractivity contribution in [2.24, 2.45) is 5.41 Å². The van der Waals surface area contributed by atoms with E-state index in [1.165, 1.54) is 6.07 Å². The van der Waals surface area contributed by atoms with Gasteiger partial charge in [-0.3, -0.25) is 4.79 Å². The zero-order chi connectivity index (χ0) is 14.8. The molecule has 1 aromatic rings. The summed E-state index contributed by atoms with van der Waals surface area (Å²) in [6.45, 7) is 6.84. The molecule has 1 unspecified atom stereocenters. The second kappa shape index (κ2) is 5.30. The zero-order valence-corrected chi connectivity index (χ0v) is 11.5. The van der Waals surface area contributed by atoms with E-state index in [4.69, 9.17) is 5.11 Å². The third-order valence-corrected chi connectivity index (χ3v) is 2.87. The Labute approximate surface area is 112 Å². The molecule has 0 aliphatic rings. The standard InChI is InChI=1S/C14H19NO4/c1-8-6-5-7-9(10(8)16)12(17)15-11(13(18)19)14(2,3)4/h5-7,11,16H,1-4H3,(H,15,17)(H,18,19). The van der Waals surface area contributed by atoms with Crippen LogP contribution in [0.2, 0.25) is 0 Å². The van der Waals surface area contributed by atoms with Crippen LogP contribution in [0.15, 0.2) is 18.2 Å². The average molecular weight is 265 g/mol. The smallest absolute Gasteiger partial charge is 0.326 e. The number of para-hydroxylation sites is 1. The molecule has 0 saturated heterocycles. The topological polar surface area (TPSA) is 86.6 Å². The largest absolute Gasteiger partial charge is 0.507 e. The molecule has 0 radical (unpaired) electrons. The Morgan fingerprint density at radius 3 is 2.32 bits per heavy atom. The lowest BCUT2D eigenvalue weighted by atomic mass is 9.86. The van der Waals surface area contributed by atoms with Crippen LogP contribution >= 0.6 is 0 Å². The molecule has 1 atom stereocenters. The fourth-order valence-electron chi connectivity index (χ4n) is 1.70. The molecule has 19 heavy (non-hydrogen) atoms. The van der Waals surface area contributed by atoms with Crippen molar-refractivity contribution in [3.63, 3.8) is 0 Å². The van der Waals surface area contributed by atoms with E-state index in [0.29, 0.717) is 5.56 Å². The minimum Gasteiger partial charge on any atom is -0.507 e. The summed E-state index contributed by atoms with van der Waals surface area (Å²) in [6, 6.07) is 3.74. The number of aromatic hydroxyl groups is 1. The fraction of sp³-hybridized carbons (Fsp3) is 0.429. The highest BCUT2D eigenvalue weighted by molar-refractivity contribution is 5.99. The second-order valence-corrected chi connectivity index (χ2v) is 5.58. The van der Waals surface area contributed by atoms with Crippen molar-refractivity contribution < 1.29 is 19.8 Å². The maximum absolute atomic E-state index is 12.0. The molecule has 0 bridgehead atoms. The van der Waals surface area contributed by atoms with E-state index < -0.39 is 23.3 Å². The van der Waals surface area contributed by atoms with Gasteiger partial charge in [-0.25, -0.2) is 4.79 Å². The maximum atomic E-state index is 12.0. The van der Waals surface area contributed by atoms with E-state index in [9.17, 15) is 14.7 Å². The van der Waals surface area contributed by atoms with E-state index >= 15 is 0 Å². The van der Waals surface area contributed by atoms with Gasteiger partial charge in [0.2, 0.25) is 0 Å². The lowest BCUT2D eigenvalue weighted by molar-refractivity contribution is -0.142. The Morgan fingerprint density at radius 1 is 1.26 bits per heavy atom. The number of hydrogen-bond donors (Lipinski definition) is 3. The summed E-state index contributed by atoms with van der Waals surface area (Å²) in [4.78, 5) is 23.2. The number of aliphatic carboxylic acids is 1. The monoisotopic (exact) mass is 265 g/mol. The minimum atomic E-state index is -1.10. The molecule has 0 aromatic heterocycles. The van der Waals surface area contributed by atoms with Crippen molar-refractivity contribution in [3.05, 3.63) is 29.3 Å². The quantitative estimate of drug-likeness (QED) is 0.779. The molecule has 0 aliphatic carbocycles. The molecule has 104 valence electrons. The van der Waals surface area contributed by atoms with Gasteiger partial charge in [0, 0.05) is 0 Å². The molecule has 0 heterocycles. The third kappa shape index (κ3) is 3.47. The molecule has 3 N–H and O–H groups in total. The minimum absolute atomic E-state index is 0.0792. The maximum Gasteiger partial charge on any atom is 0.326 e. The van der Waals surface area contributed by atoms with Crippen molar-refractivity contribution in [1.82, 2.24) is 5.32 Å². The number of carbonyl (C=O) groups is 2. The zero-order valence-electron chi connectivity index (χ0n) is 11.5. The van der Waals surface area contributed by atoms with Gasteiger partial charge in [-0.2, -0.15) is 0 Å². The van der Waals surface area contributed by atoms with Gasteiger partial charge < -0.3 is 15.5 Å². The second-order valence-electron chi connectivity index (χ2n) is 5.58. The Balaban J connectivity index is 3.02. The van der Waals surface area contributed by atoms with E-state index in [1.54, 1.807) is 39.8 Å². The van der Waals surface area contributed by atoms with Crippen LogP contribution in [0.4, 0.5) is 0 Å². The first-order valence-corrected chi connectivity index (χ1v) is 5.97. The highest BCUT2D eigenvalue weighted by atomic mass is 16.4. The summed E-state index contributed by atoms with van der Waals surface area (Å²) in [5.74, 6) is -1.82. The Hall–Kier alpha value is -2.04. The van der Waals surface area contributed by atoms with Gasteiger partial charge >= 0.3 is 5.97 Å². The number of carbonyl (C=O) groups excluding carboxylic acids is 1. The highest BCUT2D eigenvalue weighted by Crippen LogP contribution is 2.23. The van der Waals surface area contributed by atoms with Crippen molar-refractivity contribution in [2.75, 3.05) is 0 Å². The van der Waals surface area contributed by atoms with Gasteiger partial charge in [-0.15, -0.1) is 0 Å². The summed E-state index contributed by atoms with van der Waals surface area (Å²) < 4.78 is 0. The van der Waals surface area contributed by atoms with Crippen molar-refractivity contribution in [3.8, 4) is 5.75 Å².